The summed E-state index contributed by atoms with van der Waals surface area (Å²) in [7, 11) is 1.22. The molecule has 0 bridgehead atoms. The first-order valence-corrected chi connectivity index (χ1v) is 8.22. The Morgan fingerprint density at radius 2 is 1.93 bits per heavy atom. The number of aromatic nitrogens is 4. The number of nitrogens with one attached hydrogen (secondary N) is 1. The normalized spacial score (nSPS) is 11.6. The molecule has 1 amide bonds. The molecule has 6 nitrogen and oxygen atoms in total. The molecule has 1 aromatic carbocycles. The maximum Gasteiger partial charge on any atom is 0.436 e. The van der Waals surface area contributed by atoms with Crippen molar-refractivity contribution >= 4 is 23.2 Å². The number of benzene rings is 1. The van der Waals surface area contributed by atoms with E-state index in [1.807, 2.05) is 31.2 Å². The number of alkyl halides is 3. The quantitative estimate of drug-likeness (QED) is 0.726. The third kappa shape index (κ3) is 4.13. The SMILES string of the molecule is Cc1ccc(Cn2cc(NC(=O)c3c(Cl)c(C(F)(F)F)nn3C)cn2)cc1. The summed E-state index contributed by atoms with van der Waals surface area (Å²) in [4.78, 5) is 12.3. The van der Waals surface area contributed by atoms with Crippen molar-refractivity contribution in [2.24, 2.45) is 7.05 Å². The van der Waals surface area contributed by atoms with Gasteiger partial charge in [-0.25, -0.2) is 0 Å². The number of carbonyl (C=O) groups excluding carboxylic acids is 1. The summed E-state index contributed by atoms with van der Waals surface area (Å²) >= 11 is 5.72. The molecule has 0 spiro atoms. The average molecular weight is 398 g/mol. The summed E-state index contributed by atoms with van der Waals surface area (Å²) in [5.74, 6) is -0.805. The predicted octanol–water partition coefficient (Wildman–Crippen LogP) is 3.90. The lowest BCUT2D eigenvalue weighted by Crippen LogP contribution is -2.16. The van der Waals surface area contributed by atoms with Crippen molar-refractivity contribution in [3.05, 3.63) is 64.2 Å². The van der Waals surface area contributed by atoms with Crippen LogP contribution in [0.15, 0.2) is 36.7 Å². The standard InChI is InChI=1S/C17H15ClF3N5O/c1-10-3-5-11(6-4-10)8-26-9-12(7-22-26)23-16(27)14-13(18)15(17(19,20)21)24-25(14)2/h3-7,9H,8H2,1-2H3,(H,23,27). The zero-order chi connectivity index (χ0) is 19.8. The second-order valence-electron chi connectivity index (χ2n) is 6.00. The van der Waals surface area contributed by atoms with E-state index < -0.39 is 22.8 Å². The van der Waals surface area contributed by atoms with Gasteiger partial charge in [-0.3, -0.25) is 14.2 Å². The van der Waals surface area contributed by atoms with E-state index in [0.717, 1.165) is 15.8 Å². The molecule has 0 atom stereocenters. The highest BCUT2D eigenvalue weighted by Crippen LogP contribution is 2.35. The van der Waals surface area contributed by atoms with E-state index in [1.165, 1.54) is 13.2 Å². The van der Waals surface area contributed by atoms with E-state index in [1.54, 1.807) is 10.9 Å². The van der Waals surface area contributed by atoms with Crippen LogP contribution in [0.3, 0.4) is 0 Å². The molecule has 142 valence electrons. The van der Waals surface area contributed by atoms with Crippen LogP contribution in [-0.2, 0) is 19.8 Å². The lowest BCUT2D eigenvalue weighted by Gasteiger charge is -2.04. The van der Waals surface area contributed by atoms with Crippen molar-refractivity contribution in [3.63, 3.8) is 0 Å². The number of rotatable bonds is 4. The molecule has 3 rings (SSSR count). The fourth-order valence-corrected chi connectivity index (χ4v) is 2.86. The number of aryl methyl sites for hydroxylation is 2. The van der Waals surface area contributed by atoms with Crippen molar-refractivity contribution < 1.29 is 18.0 Å². The van der Waals surface area contributed by atoms with Crippen molar-refractivity contribution in [1.82, 2.24) is 19.6 Å². The second kappa shape index (κ2) is 7.07. The first-order valence-electron chi connectivity index (χ1n) is 7.84. The van der Waals surface area contributed by atoms with Crippen LogP contribution in [0, 0.1) is 6.92 Å². The largest absolute Gasteiger partial charge is 0.436 e. The second-order valence-corrected chi connectivity index (χ2v) is 6.38. The predicted molar refractivity (Wildman–Crippen MR) is 93.7 cm³/mol. The van der Waals surface area contributed by atoms with E-state index in [0.29, 0.717) is 12.2 Å². The van der Waals surface area contributed by atoms with E-state index in [2.05, 4.69) is 15.5 Å². The van der Waals surface area contributed by atoms with Gasteiger partial charge in [-0.2, -0.15) is 23.4 Å². The van der Waals surface area contributed by atoms with E-state index in [-0.39, 0.29) is 5.69 Å². The van der Waals surface area contributed by atoms with Gasteiger partial charge >= 0.3 is 6.18 Å². The number of nitrogens with zero attached hydrogens (tertiary/aromatic N) is 4. The van der Waals surface area contributed by atoms with E-state index >= 15 is 0 Å². The molecule has 1 N–H and O–H groups in total. The summed E-state index contributed by atoms with van der Waals surface area (Å²) in [6.07, 6.45) is -1.76. The first kappa shape index (κ1) is 19.0. The zero-order valence-corrected chi connectivity index (χ0v) is 15.1. The van der Waals surface area contributed by atoms with Crippen molar-refractivity contribution in [2.45, 2.75) is 19.6 Å². The van der Waals surface area contributed by atoms with Gasteiger partial charge in [0, 0.05) is 13.2 Å². The Balaban J connectivity index is 1.75. The van der Waals surface area contributed by atoms with E-state index in [4.69, 9.17) is 11.6 Å². The fourth-order valence-electron chi connectivity index (χ4n) is 2.51. The van der Waals surface area contributed by atoms with Crippen LogP contribution in [0.4, 0.5) is 18.9 Å². The maximum atomic E-state index is 12.9. The monoisotopic (exact) mass is 397 g/mol. The number of hydrogen-bond acceptors (Lipinski definition) is 3. The van der Waals surface area contributed by atoms with Gasteiger partial charge in [0.1, 0.15) is 10.7 Å². The fraction of sp³-hybridized carbons (Fsp3) is 0.235. The number of carbonyl (C=O) groups is 1. The minimum absolute atomic E-state index is 0.331. The Hall–Kier alpha value is -2.81. The number of amides is 1. The molecule has 0 aliphatic carbocycles. The van der Waals surface area contributed by atoms with Gasteiger partial charge < -0.3 is 5.32 Å². The third-order valence-electron chi connectivity index (χ3n) is 3.83. The third-order valence-corrected chi connectivity index (χ3v) is 4.19. The Morgan fingerprint density at radius 1 is 1.26 bits per heavy atom. The minimum atomic E-state index is -4.74. The lowest BCUT2D eigenvalue weighted by atomic mass is 10.1. The summed E-state index contributed by atoms with van der Waals surface area (Å²) in [5, 5.41) is 9.17. The molecular formula is C17H15ClF3N5O. The van der Waals surface area contributed by atoms with Gasteiger partial charge in [0.25, 0.3) is 5.91 Å². The number of halogens is 4. The molecule has 3 aromatic rings. The van der Waals surface area contributed by atoms with Crippen molar-refractivity contribution in [2.75, 3.05) is 5.32 Å². The maximum absolute atomic E-state index is 12.9. The molecule has 0 saturated heterocycles. The van der Waals surface area contributed by atoms with Crippen LogP contribution in [0.25, 0.3) is 0 Å². The molecule has 0 fully saturated rings. The molecule has 0 radical (unpaired) electrons. The minimum Gasteiger partial charge on any atom is -0.318 e. The summed E-state index contributed by atoms with van der Waals surface area (Å²) in [5.41, 5.74) is 0.810. The zero-order valence-electron chi connectivity index (χ0n) is 14.4. The Morgan fingerprint density at radius 3 is 2.52 bits per heavy atom. The highest BCUT2D eigenvalue weighted by atomic mass is 35.5. The van der Waals surface area contributed by atoms with Crippen molar-refractivity contribution in [3.8, 4) is 0 Å². The lowest BCUT2D eigenvalue weighted by molar-refractivity contribution is -0.141. The highest BCUT2D eigenvalue weighted by Gasteiger charge is 2.39. The molecule has 0 saturated carbocycles. The van der Waals surface area contributed by atoms with Crippen LogP contribution in [0.5, 0.6) is 0 Å². The average Bonchev–Trinajstić information content (AvgIpc) is 3.13. The molecule has 27 heavy (non-hydrogen) atoms. The van der Waals surface area contributed by atoms with Crippen LogP contribution >= 0.6 is 11.6 Å². The number of hydrogen-bond donors (Lipinski definition) is 1. The van der Waals surface area contributed by atoms with Crippen molar-refractivity contribution in [1.29, 1.82) is 0 Å². The molecule has 2 aromatic heterocycles. The molecule has 0 aliphatic rings. The molecule has 10 heteroatoms. The van der Waals surface area contributed by atoms with Gasteiger partial charge in [-0.1, -0.05) is 41.4 Å². The van der Waals surface area contributed by atoms with Crippen LogP contribution < -0.4 is 5.32 Å². The molecule has 0 unspecified atom stereocenters. The molecular weight excluding hydrogens is 383 g/mol. The summed E-state index contributed by atoms with van der Waals surface area (Å²) < 4.78 is 41.0. The smallest absolute Gasteiger partial charge is 0.318 e. The topological polar surface area (TPSA) is 64.7 Å². The number of anilines is 1. The van der Waals surface area contributed by atoms with E-state index in [9.17, 15) is 18.0 Å². The van der Waals surface area contributed by atoms with Crippen LogP contribution in [0.1, 0.15) is 27.3 Å². The Bertz CT molecular complexity index is 976. The van der Waals surface area contributed by atoms with Gasteiger partial charge in [0.05, 0.1) is 18.4 Å². The first-order chi connectivity index (χ1) is 12.6. The Labute approximate surface area is 157 Å². The van der Waals surface area contributed by atoms with Gasteiger partial charge in [-0.15, -0.1) is 0 Å². The molecule has 0 aliphatic heterocycles. The van der Waals surface area contributed by atoms with Gasteiger partial charge in [-0.05, 0) is 12.5 Å². The summed E-state index contributed by atoms with van der Waals surface area (Å²) in [6, 6.07) is 7.88. The van der Waals surface area contributed by atoms with Gasteiger partial charge in [0.15, 0.2) is 5.69 Å². The Kier molecular flexibility index (Phi) is 4.97. The van der Waals surface area contributed by atoms with Crippen LogP contribution in [-0.4, -0.2) is 25.5 Å². The van der Waals surface area contributed by atoms with Gasteiger partial charge in [0.2, 0.25) is 0 Å². The highest BCUT2D eigenvalue weighted by molar-refractivity contribution is 6.34. The summed E-state index contributed by atoms with van der Waals surface area (Å²) in [6.45, 7) is 2.47. The van der Waals surface area contributed by atoms with Crippen LogP contribution in [0.2, 0.25) is 5.02 Å². The molecule has 2 heterocycles.